The van der Waals surface area contributed by atoms with Gasteiger partial charge in [0.05, 0.1) is 35.0 Å². The monoisotopic (exact) mass is 538 g/mol. The first-order valence-corrected chi connectivity index (χ1v) is 13.6. The summed E-state index contributed by atoms with van der Waals surface area (Å²) in [5.41, 5.74) is 0.926. The van der Waals surface area contributed by atoms with Gasteiger partial charge in [-0.2, -0.15) is 0 Å². The Morgan fingerprint density at radius 2 is 1.61 bits per heavy atom. The fourth-order valence-corrected chi connectivity index (χ4v) is 5.49. The molecule has 4 rings (SSSR count). The zero-order valence-corrected chi connectivity index (χ0v) is 22.8. The van der Waals surface area contributed by atoms with Crippen molar-refractivity contribution in [2.24, 2.45) is 0 Å². The molecule has 0 saturated heterocycles. The molecule has 2 aromatic heterocycles. The van der Waals surface area contributed by atoms with E-state index in [1.165, 1.54) is 21.3 Å². The zero-order chi connectivity index (χ0) is 27.2. The second-order valence-corrected chi connectivity index (χ2v) is 10.4. The normalized spacial score (nSPS) is 11.7. The summed E-state index contributed by atoms with van der Waals surface area (Å²) >= 11 is 0. The molecule has 38 heavy (non-hydrogen) atoms. The van der Waals surface area contributed by atoms with Crippen LogP contribution in [0.4, 0.5) is 0 Å². The molecule has 0 amide bonds. The van der Waals surface area contributed by atoms with Gasteiger partial charge in [-0.1, -0.05) is 18.2 Å². The van der Waals surface area contributed by atoms with Gasteiger partial charge in [0.25, 0.3) is 0 Å². The Morgan fingerprint density at radius 1 is 0.921 bits per heavy atom. The van der Waals surface area contributed by atoms with Gasteiger partial charge in [-0.25, -0.2) is 4.98 Å². The molecule has 0 bridgehead atoms. The molecule has 0 aliphatic rings. The van der Waals surface area contributed by atoms with Crippen LogP contribution >= 0.6 is 0 Å². The van der Waals surface area contributed by atoms with E-state index in [9.17, 15) is 9.90 Å². The summed E-state index contributed by atoms with van der Waals surface area (Å²) in [6.07, 6.45) is 3.47. The lowest BCUT2D eigenvalue weighted by atomic mass is 10.2. The van der Waals surface area contributed by atoms with Crippen molar-refractivity contribution < 1.29 is 28.8 Å². The minimum absolute atomic E-state index is 0.243. The van der Waals surface area contributed by atoms with E-state index in [1.807, 2.05) is 30.5 Å². The molecular weight excluding hydrogens is 508 g/mol. The maximum atomic E-state index is 13.7. The lowest BCUT2D eigenvalue weighted by molar-refractivity contribution is -0.270. The molecule has 1 atom stereocenters. The number of pyridine rings is 2. The van der Waals surface area contributed by atoms with E-state index in [0.29, 0.717) is 39.8 Å². The Kier molecular flexibility index (Phi) is 8.52. The molecule has 200 valence electrons. The third-order valence-corrected chi connectivity index (χ3v) is 7.91. The van der Waals surface area contributed by atoms with Crippen LogP contribution in [0, 0.1) is 0 Å². The van der Waals surface area contributed by atoms with Crippen LogP contribution in [0.5, 0.6) is 34.5 Å². The van der Waals surface area contributed by atoms with Crippen molar-refractivity contribution in [3.05, 3.63) is 70.6 Å². The van der Waals surface area contributed by atoms with Gasteiger partial charge in [0.2, 0.25) is 10.6 Å². The van der Waals surface area contributed by atoms with Gasteiger partial charge in [0.15, 0.2) is 11.5 Å². The number of hydrogen-bond acceptors (Lipinski definition) is 8. The molecule has 0 N–H and O–H groups in total. The smallest absolute Gasteiger partial charge is 0.307 e. The average molecular weight is 539 g/mol. The van der Waals surface area contributed by atoms with Crippen LogP contribution in [-0.4, -0.2) is 56.6 Å². The standard InChI is InChI=1S/C28H30N2O7S/c1-33-19-10-8-18(9-11-19)17-30-27-21(7-6-12-29-27)24(31)26(28(30)32)38(5)14-13-37-20-15-22(34-2)25(36-4)23(16-20)35-3/h6-12,15-16H,13-14,17H2,1-5H3. The van der Waals surface area contributed by atoms with E-state index >= 15 is 0 Å². The molecule has 0 aliphatic heterocycles. The third kappa shape index (κ3) is 5.45. The maximum Gasteiger partial charge on any atom is 0.307 e. The molecule has 2 heterocycles. The van der Waals surface area contributed by atoms with Crippen LogP contribution < -0.4 is 34.4 Å². The minimum atomic E-state index is -0.686. The fourth-order valence-electron chi connectivity index (χ4n) is 4.12. The number of ether oxygens (including phenoxy) is 5. The van der Waals surface area contributed by atoms with Gasteiger partial charge in [0.1, 0.15) is 35.8 Å². The van der Waals surface area contributed by atoms with Crippen LogP contribution in [0.3, 0.4) is 0 Å². The highest BCUT2D eigenvalue weighted by atomic mass is 32.2. The Hall–Kier alpha value is -4.05. The zero-order valence-electron chi connectivity index (χ0n) is 22.0. The number of fused-ring (bicyclic) bond motifs is 1. The maximum absolute atomic E-state index is 13.7. The van der Waals surface area contributed by atoms with Crippen molar-refractivity contribution in [1.29, 1.82) is 0 Å². The summed E-state index contributed by atoms with van der Waals surface area (Å²) < 4.78 is 28.9. The van der Waals surface area contributed by atoms with Gasteiger partial charge >= 0.3 is 5.56 Å². The number of methoxy groups -OCH3 is 4. The van der Waals surface area contributed by atoms with Crippen LogP contribution in [0.25, 0.3) is 11.0 Å². The molecule has 0 spiro atoms. The van der Waals surface area contributed by atoms with Gasteiger partial charge in [-0.15, -0.1) is 0 Å². The van der Waals surface area contributed by atoms with Crippen molar-refractivity contribution in [3.8, 4) is 34.5 Å². The van der Waals surface area contributed by atoms with E-state index in [2.05, 4.69) is 4.98 Å². The van der Waals surface area contributed by atoms with Gasteiger partial charge in [0, 0.05) is 34.6 Å². The molecular formula is C28H30N2O7S. The average Bonchev–Trinajstić information content (AvgIpc) is 2.95. The largest absolute Gasteiger partial charge is 0.868 e. The van der Waals surface area contributed by atoms with Crippen LogP contribution in [0.15, 0.2) is 64.4 Å². The Labute approximate surface area is 223 Å². The van der Waals surface area contributed by atoms with Gasteiger partial charge < -0.3 is 28.8 Å². The lowest BCUT2D eigenvalue weighted by Crippen LogP contribution is -2.30. The van der Waals surface area contributed by atoms with E-state index in [0.717, 1.165) is 11.3 Å². The molecule has 2 aromatic carbocycles. The number of benzene rings is 2. The van der Waals surface area contributed by atoms with Crippen LogP contribution in [0.2, 0.25) is 0 Å². The van der Waals surface area contributed by atoms with Crippen molar-refractivity contribution in [1.82, 2.24) is 9.55 Å². The van der Waals surface area contributed by atoms with E-state index < -0.39 is 10.9 Å². The van der Waals surface area contributed by atoms with E-state index in [4.69, 9.17) is 23.7 Å². The highest BCUT2D eigenvalue weighted by Crippen LogP contribution is 2.40. The highest BCUT2D eigenvalue weighted by Gasteiger charge is 2.26. The van der Waals surface area contributed by atoms with E-state index in [-0.39, 0.29) is 29.4 Å². The van der Waals surface area contributed by atoms with Crippen LogP contribution in [-0.2, 0) is 17.4 Å². The number of aromatic nitrogens is 2. The quantitative estimate of drug-likeness (QED) is 0.268. The second-order valence-electron chi connectivity index (χ2n) is 8.32. The minimum Gasteiger partial charge on any atom is -0.868 e. The molecule has 10 heteroatoms. The lowest BCUT2D eigenvalue weighted by Gasteiger charge is -2.19. The molecule has 0 saturated carbocycles. The predicted molar refractivity (Wildman–Crippen MR) is 146 cm³/mol. The first-order valence-electron chi connectivity index (χ1n) is 11.8. The summed E-state index contributed by atoms with van der Waals surface area (Å²) in [5.74, 6) is 2.85. The Balaban J connectivity index is 1.61. The summed E-state index contributed by atoms with van der Waals surface area (Å²) in [6, 6.07) is 14.3. The second kappa shape index (κ2) is 12.0. The Bertz CT molecular complexity index is 1450. The molecule has 1 unspecified atom stereocenters. The topological polar surface area (TPSA) is 104 Å². The van der Waals surface area contributed by atoms with Crippen molar-refractivity contribution in [3.63, 3.8) is 0 Å². The van der Waals surface area contributed by atoms with Crippen LogP contribution in [0.1, 0.15) is 5.56 Å². The summed E-state index contributed by atoms with van der Waals surface area (Å²) in [4.78, 5) is 18.3. The number of rotatable bonds is 11. The summed E-state index contributed by atoms with van der Waals surface area (Å²) in [5, 5.41) is 13.8. The molecule has 9 nitrogen and oxygen atoms in total. The SMILES string of the molecule is COc1ccc(Cn2c(=O)c([S+](C)CCOc3cc(OC)c(OC)c(OC)c3)c([O-])c3cccnc32)cc1. The molecule has 0 fully saturated rings. The molecule has 0 radical (unpaired) electrons. The fraction of sp³-hybridized carbons (Fsp3) is 0.286. The van der Waals surface area contributed by atoms with E-state index in [1.54, 1.807) is 42.1 Å². The Morgan fingerprint density at radius 3 is 2.21 bits per heavy atom. The predicted octanol–water partition coefficient (Wildman–Crippen LogP) is 3.24. The molecule has 4 aromatic rings. The van der Waals surface area contributed by atoms with Gasteiger partial charge in [-0.05, 0) is 29.5 Å². The first-order chi connectivity index (χ1) is 18.4. The number of nitrogens with zero attached hydrogens (tertiary/aromatic N) is 2. The summed E-state index contributed by atoms with van der Waals surface area (Å²) in [7, 11) is 5.51. The van der Waals surface area contributed by atoms with Gasteiger partial charge in [-0.3, -0.25) is 9.36 Å². The van der Waals surface area contributed by atoms with Crippen molar-refractivity contribution in [2.75, 3.05) is 47.1 Å². The summed E-state index contributed by atoms with van der Waals surface area (Å²) in [6.45, 7) is 0.559. The van der Waals surface area contributed by atoms with Crippen molar-refractivity contribution >= 4 is 21.9 Å². The van der Waals surface area contributed by atoms with Crippen molar-refractivity contribution in [2.45, 2.75) is 11.4 Å². The number of hydrogen-bond donors (Lipinski definition) is 0. The third-order valence-electron chi connectivity index (χ3n) is 6.08. The molecule has 0 aliphatic carbocycles. The first kappa shape index (κ1) is 27.0. The highest BCUT2D eigenvalue weighted by molar-refractivity contribution is 7.96.